The summed E-state index contributed by atoms with van der Waals surface area (Å²) in [5, 5.41) is 0. The highest BCUT2D eigenvalue weighted by molar-refractivity contribution is 6.04. The number of imide groups is 1. The van der Waals surface area contributed by atoms with Gasteiger partial charge >= 0.3 is 0 Å². The monoisotopic (exact) mass is 191 g/mol. The summed E-state index contributed by atoms with van der Waals surface area (Å²) in [4.78, 5) is 24.6. The Balaban J connectivity index is 2.28. The zero-order valence-electron chi connectivity index (χ0n) is 8.14. The van der Waals surface area contributed by atoms with E-state index in [0.717, 1.165) is 0 Å². The highest BCUT2D eigenvalue weighted by Gasteiger charge is 2.44. The molecule has 0 bridgehead atoms. The van der Waals surface area contributed by atoms with Crippen LogP contribution in [-0.4, -0.2) is 23.8 Å². The van der Waals surface area contributed by atoms with Gasteiger partial charge in [-0.3, -0.25) is 14.5 Å². The number of amides is 2. The molecule has 1 saturated heterocycles. The zero-order valence-corrected chi connectivity index (χ0v) is 8.14. The van der Waals surface area contributed by atoms with E-state index in [1.54, 1.807) is 7.05 Å². The van der Waals surface area contributed by atoms with E-state index in [0.29, 0.717) is 12.8 Å². The Morgan fingerprint density at radius 1 is 1.07 bits per heavy atom. The van der Waals surface area contributed by atoms with Crippen LogP contribution >= 0.6 is 0 Å². The smallest absolute Gasteiger partial charge is 0.233 e. The lowest BCUT2D eigenvalue weighted by Crippen LogP contribution is -2.26. The summed E-state index contributed by atoms with van der Waals surface area (Å²) in [5.74, 6) is -0.317. The molecule has 0 radical (unpaired) electrons. The number of allylic oxidation sites excluding steroid dienone is 4. The fourth-order valence-electron chi connectivity index (χ4n) is 2.09. The van der Waals surface area contributed by atoms with Crippen LogP contribution in [0.4, 0.5) is 0 Å². The maximum atomic E-state index is 11.7. The molecule has 2 rings (SSSR count). The van der Waals surface area contributed by atoms with Crippen LogP contribution < -0.4 is 0 Å². The summed E-state index contributed by atoms with van der Waals surface area (Å²) < 4.78 is 0. The lowest BCUT2D eigenvalue weighted by atomic mass is 9.88. The van der Waals surface area contributed by atoms with E-state index in [1.165, 1.54) is 4.90 Å². The molecule has 74 valence electrons. The standard InChI is InChI=1S/C11H13NO2/c1-12-10(13)8-6-4-2-3-5-7-9(8)11(12)14/h2-5,8-9H,6-7H2,1H3/b4-2-,5-3+. The normalized spacial score (nSPS) is 36.2. The van der Waals surface area contributed by atoms with E-state index in [4.69, 9.17) is 0 Å². The first-order valence-electron chi connectivity index (χ1n) is 4.85. The van der Waals surface area contributed by atoms with Crippen LogP contribution in [0.2, 0.25) is 0 Å². The van der Waals surface area contributed by atoms with Gasteiger partial charge in [0.25, 0.3) is 0 Å². The third-order valence-corrected chi connectivity index (χ3v) is 2.94. The van der Waals surface area contributed by atoms with Crippen LogP contribution in [0.25, 0.3) is 0 Å². The first kappa shape index (κ1) is 9.19. The lowest BCUT2D eigenvalue weighted by molar-refractivity contribution is -0.138. The van der Waals surface area contributed by atoms with Crippen molar-refractivity contribution in [2.24, 2.45) is 11.8 Å². The number of rotatable bonds is 0. The van der Waals surface area contributed by atoms with Crippen LogP contribution in [0.1, 0.15) is 12.8 Å². The van der Waals surface area contributed by atoms with Gasteiger partial charge in [-0.05, 0) is 12.8 Å². The molecule has 0 saturated carbocycles. The van der Waals surface area contributed by atoms with Crippen molar-refractivity contribution in [1.82, 2.24) is 4.90 Å². The third-order valence-electron chi connectivity index (χ3n) is 2.94. The average molecular weight is 191 g/mol. The largest absolute Gasteiger partial charge is 0.285 e. The average Bonchev–Trinajstić information content (AvgIpc) is 2.31. The van der Waals surface area contributed by atoms with Gasteiger partial charge in [-0.15, -0.1) is 0 Å². The molecule has 1 aliphatic carbocycles. The molecule has 2 aliphatic rings. The number of carbonyl (C=O) groups is 2. The molecule has 1 fully saturated rings. The van der Waals surface area contributed by atoms with Crippen LogP contribution in [-0.2, 0) is 9.59 Å². The predicted octanol–water partition coefficient (Wildman–Crippen LogP) is 1.12. The van der Waals surface area contributed by atoms with E-state index >= 15 is 0 Å². The van der Waals surface area contributed by atoms with E-state index < -0.39 is 0 Å². The number of likely N-dealkylation sites (tertiary alicyclic amines) is 1. The van der Waals surface area contributed by atoms with Crippen LogP contribution in [0.15, 0.2) is 24.3 Å². The van der Waals surface area contributed by atoms with Crippen molar-refractivity contribution in [2.45, 2.75) is 12.8 Å². The van der Waals surface area contributed by atoms with Crippen molar-refractivity contribution in [3.63, 3.8) is 0 Å². The molecule has 3 nitrogen and oxygen atoms in total. The minimum Gasteiger partial charge on any atom is -0.285 e. The predicted molar refractivity (Wildman–Crippen MR) is 52.3 cm³/mol. The second-order valence-corrected chi connectivity index (χ2v) is 3.78. The zero-order chi connectivity index (χ0) is 10.1. The number of fused-ring (bicyclic) bond motifs is 1. The van der Waals surface area contributed by atoms with Crippen molar-refractivity contribution in [2.75, 3.05) is 7.05 Å². The van der Waals surface area contributed by atoms with Gasteiger partial charge in [-0.1, -0.05) is 24.3 Å². The summed E-state index contributed by atoms with van der Waals surface area (Å²) in [6, 6.07) is 0. The minimum absolute atomic E-state index is 0.0278. The van der Waals surface area contributed by atoms with E-state index in [1.807, 2.05) is 24.3 Å². The molecular weight excluding hydrogens is 178 g/mol. The highest BCUT2D eigenvalue weighted by atomic mass is 16.2. The van der Waals surface area contributed by atoms with Gasteiger partial charge in [0.2, 0.25) is 11.8 Å². The molecule has 2 unspecified atom stereocenters. The molecule has 14 heavy (non-hydrogen) atoms. The van der Waals surface area contributed by atoms with Gasteiger partial charge in [0.05, 0.1) is 11.8 Å². The fraction of sp³-hybridized carbons (Fsp3) is 0.455. The first-order chi connectivity index (χ1) is 6.72. The van der Waals surface area contributed by atoms with E-state index in [2.05, 4.69) is 0 Å². The van der Waals surface area contributed by atoms with Gasteiger partial charge in [-0.2, -0.15) is 0 Å². The summed E-state index contributed by atoms with van der Waals surface area (Å²) in [6.07, 6.45) is 9.15. The fourth-order valence-corrected chi connectivity index (χ4v) is 2.09. The molecular formula is C11H13NO2. The Kier molecular flexibility index (Phi) is 2.23. The van der Waals surface area contributed by atoms with E-state index in [9.17, 15) is 9.59 Å². The quantitative estimate of drug-likeness (QED) is 0.538. The number of hydrogen-bond acceptors (Lipinski definition) is 2. The molecule has 3 heteroatoms. The minimum atomic E-state index is -0.131. The molecule has 1 aliphatic heterocycles. The Morgan fingerprint density at radius 3 is 1.93 bits per heavy atom. The molecule has 1 heterocycles. The molecule has 0 aromatic heterocycles. The number of hydrogen-bond donors (Lipinski definition) is 0. The van der Waals surface area contributed by atoms with Crippen LogP contribution in [0, 0.1) is 11.8 Å². The maximum Gasteiger partial charge on any atom is 0.233 e. The van der Waals surface area contributed by atoms with Gasteiger partial charge in [0.1, 0.15) is 0 Å². The SMILES string of the molecule is CN1C(=O)C2C/C=C\C=C\CC2C1=O. The second-order valence-electron chi connectivity index (χ2n) is 3.78. The lowest BCUT2D eigenvalue weighted by Gasteiger charge is -2.12. The van der Waals surface area contributed by atoms with Gasteiger partial charge in [0.15, 0.2) is 0 Å². The molecule has 0 aromatic carbocycles. The molecule has 0 aromatic rings. The Morgan fingerprint density at radius 2 is 1.50 bits per heavy atom. The van der Waals surface area contributed by atoms with Crippen molar-refractivity contribution in [3.05, 3.63) is 24.3 Å². The van der Waals surface area contributed by atoms with Crippen molar-refractivity contribution in [3.8, 4) is 0 Å². The van der Waals surface area contributed by atoms with Crippen molar-refractivity contribution >= 4 is 11.8 Å². The summed E-state index contributed by atoms with van der Waals surface area (Å²) in [7, 11) is 1.57. The van der Waals surface area contributed by atoms with Gasteiger partial charge in [-0.25, -0.2) is 0 Å². The Hall–Kier alpha value is -1.38. The molecule has 0 N–H and O–H groups in total. The summed E-state index contributed by atoms with van der Waals surface area (Å²) in [5.41, 5.74) is 0. The topological polar surface area (TPSA) is 37.4 Å². The highest BCUT2D eigenvalue weighted by Crippen LogP contribution is 2.31. The first-order valence-corrected chi connectivity index (χ1v) is 4.85. The van der Waals surface area contributed by atoms with Gasteiger partial charge in [0, 0.05) is 7.05 Å². The van der Waals surface area contributed by atoms with Crippen LogP contribution in [0.3, 0.4) is 0 Å². The molecule has 2 atom stereocenters. The second kappa shape index (κ2) is 3.40. The van der Waals surface area contributed by atoms with Crippen LogP contribution in [0.5, 0.6) is 0 Å². The molecule has 0 spiro atoms. The summed E-state index contributed by atoms with van der Waals surface area (Å²) in [6.45, 7) is 0. The summed E-state index contributed by atoms with van der Waals surface area (Å²) >= 11 is 0. The van der Waals surface area contributed by atoms with Gasteiger partial charge < -0.3 is 0 Å². The Bertz CT molecular complexity index is 298. The maximum absolute atomic E-state index is 11.7. The third kappa shape index (κ3) is 1.29. The van der Waals surface area contributed by atoms with E-state index in [-0.39, 0.29) is 23.7 Å². The van der Waals surface area contributed by atoms with Crippen molar-refractivity contribution < 1.29 is 9.59 Å². The molecule has 2 amide bonds. The van der Waals surface area contributed by atoms with Crippen molar-refractivity contribution in [1.29, 1.82) is 0 Å². The number of carbonyl (C=O) groups excluding carboxylic acids is 2. The number of nitrogens with zero attached hydrogens (tertiary/aromatic N) is 1. The Labute approximate surface area is 83.1 Å².